The topological polar surface area (TPSA) is 103 Å². The highest BCUT2D eigenvalue weighted by atomic mass is 16.5. The molecule has 8 heteroatoms. The summed E-state index contributed by atoms with van der Waals surface area (Å²) in [4.78, 5) is 53.2. The number of amides is 2. The summed E-state index contributed by atoms with van der Waals surface area (Å²) in [5, 5.41) is 0.239. The third kappa shape index (κ3) is 3.73. The third-order valence-electron chi connectivity index (χ3n) is 6.11. The van der Waals surface area contributed by atoms with Gasteiger partial charge in [0, 0.05) is 5.56 Å². The number of esters is 1. The molecule has 3 aromatic carbocycles. The summed E-state index contributed by atoms with van der Waals surface area (Å²) in [6, 6.07) is 16.9. The quantitative estimate of drug-likeness (QED) is 0.307. The molecule has 4 aromatic rings. The first kappa shape index (κ1) is 23.0. The summed E-state index contributed by atoms with van der Waals surface area (Å²) in [5.41, 5.74) is 1.50. The van der Waals surface area contributed by atoms with Gasteiger partial charge in [-0.15, -0.1) is 0 Å². The molecule has 1 aromatic heterocycles. The fourth-order valence-corrected chi connectivity index (χ4v) is 4.17. The number of nitrogens with zero attached hydrogens (tertiary/aromatic N) is 1. The van der Waals surface area contributed by atoms with Gasteiger partial charge in [0.15, 0.2) is 5.76 Å². The van der Waals surface area contributed by atoms with E-state index in [1.165, 1.54) is 26.2 Å². The Morgan fingerprint density at radius 3 is 2.17 bits per heavy atom. The number of hydrogen-bond donors (Lipinski definition) is 0. The normalized spacial score (nSPS) is 13.6. The molecule has 180 valence electrons. The zero-order chi connectivity index (χ0) is 25.6. The summed E-state index contributed by atoms with van der Waals surface area (Å²) >= 11 is 0. The molecule has 0 saturated heterocycles. The van der Waals surface area contributed by atoms with Crippen molar-refractivity contribution < 1.29 is 28.3 Å². The third-order valence-corrected chi connectivity index (χ3v) is 6.11. The van der Waals surface area contributed by atoms with Gasteiger partial charge in [0.1, 0.15) is 17.4 Å². The van der Waals surface area contributed by atoms with Gasteiger partial charge in [-0.3, -0.25) is 19.3 Å². The first-order valence-electron chi connectivity index (χ1n) is 11.2. The molecule has 0 bridgehead atoms. The van der Waals surface area contributed by atoms with E-state index in [9.17, 15) is 19.2 Å². The second-order valence-corrected chi connectivity index (χ2v) is 8.44. The molecule has 1 aliphatic rings. The Balaban J connectivity index is 1.56. The lowest BCUT2D eigenvalue weighted by Crippen LogP contribution is -2.45. The molecule has 0 fully saturated rings. The van der Waals surface area contributed by atoms with Gasteiger partial charge in [0.2, 0.25) is 11.2 Å². The number of imide groups is 1. The molecular weight excluding hydrogens is 462 g/mol. The van der Waals surface area contributed by atoms with Crippen LogP contribution in [0.4, 0.5) is 0 Å². The standard InChI is InChI=1S/C28H21NO7/c1-15-8-13-22-21(14-15)23(30)25(24(35-22)17-9-11-18(34-3)12-10-17)36-28(33)16(2)29-26(31)19-6-4-5-7-20(19)27(29)32/h4-14,16H,1-3H3. The van der Waals surface area contributed by atoms with E-state index in [1.807, 2.05) is 6.92 Å². The van der Waals surface area contributed by atoms with Crippen molar-refractivity contribution in [3.8, 4) is 22.8 Å². The minimum atomic E-state index is -1.28. The second kappa shape index (κ2) is 8.81. The molecule has 8 nitrogen and oxygen atoms in total. The fourth-order valence-electron chi connectivity index (χ4n) is 4.17. The monoisotopic (exact) mass is 483 g/mol. The van der Waals surface area contributed by atoms with Gasteiger partial charge in [-0.25, -0.2) is 4.79 Å². The van der Waals surface area contributed by atoms with Crippen LogP contribution < -0.4 is 14.9 Å². The maximum atomic E-state index is 13.5. The Hall–Kier alpha value is -4.72. The molecule has 1 unspecified atom stereocenters. The van der Waals surface area contributed by atoms with Crippen LogP contribution in [-0.4, -0.2) is 35.8 Å². The summed E-state index contributed by atoms with van der Waals surface area (Å²) < 4.78 is 16.8. The predicted molar refractivity (Wildman–Crippen MR) is 131 cm³/mol. The number of aryl methyl sites for hydroxylation is 1. The highest BCUT2D eigenvalue weighted by Gasteiger charge is 2.41. The minimum absolute atomic E-state index is 0.0434. The van der Waals surface area contributed by atoms with E-state index in [-0.39, 0.29) is 28.0 Å². The Labute approximate surface area is 205 Å². The Morgan fingerprint density at radius 1 is 0.917 bits per heavy atom. The van der Waals surface area contributed by atoms with E-state index < -0.39 is 29.3 Å². The number of benzene rings is 3. The zero-order valence-corrected chi connectivity index (χ0v) is 19.7. The van der Waals surface area contributed by atoms with E-state index in [1.54, 1.807) is 54.6 Å². The van der Waals surface area contributed by atoms with E-state index in [4.69, 9.17) is 13.9 Å². The molecule has 0 spiro atoms. The summed E-state index contributed by atoms with van der Waals surface area (Å²) in [6.07, 6.45) is 0. The van der Waals surface area contributed by atoms with Gasteiger partial charge in [-0.05, 0) is 62.4 Å². The number of hydrogen-bond acceptors (Lipinski definition) is 7. The Bertz CT molecular complexity index is 1570. The average molecular weight is 483 g/mol. The van der Waals surface area contributed by atoms with Gasteiger partial charge < -0.3 is 13.9 Å². The summed E-state index contributed by atoms with van der Waals surface area (Å²) in [6.45, 7) is 3.20. The number of methoxy groups -OCH3 is 1. The number of carbonyl (C=O) groups is 3. The van der Waals surface area contributed by atoms with Gasteiger partial charge >= 0.3 is 5.97 Å². The largest absolute Gasteiger partial charge is 0.497 e. The van der Waals surface area contributed by atoms with Crippen LogP contribution in [0.1, 0.15) is 33.2 Å². The first-order valence-corrected chi connectivity index (χ1v) is 11.2. The Kier molecular flexibility index (Phi) is 5.64. The molecule has 1 aliphatic heterocycles. The van der Waals surface area contributed by atoms with E-state index in [0.29, 0.717) is 16.9 Å². The SMILES string of the molecule is COc1ccc(-c2oc3ccc(C)cc3c(=O)c2OC(=O)C(C)N2C(=O)c3ccccc3C2=O)cc1. The molecule has 36 heavy (non-hydrogen) atoms. The van der Waals surface area contributed by atoms with Gasteiger partial charge in [-0.1, -0.05) is 23.8 Å². The van der Waals surface area contributed by atoms with Crippen LogP contribution in [0.15, 0.2) is 75.9 Å². The highest BCUT2D eigenvalue weighted by Crippen LogP contribution is 2.33. The van der Waals surface area contributed by atoms with Crippen LogP contribution >= 0.6 is 0 Å². The van der Waals surface area contributed by atoms with Crippen molar-refractivity contribution in [2.45, 2.75) is 19.9 Å². The van der Waals surface area contributed by atoms with Crippen molar-refractivity contribution in [3.63, 3.8) is 0 Å². The van der Waals surface area contributed by atoms with Gasteiger partial charge in [0.05, 0.1) is 23.6 Å². The lowest BCUT2D eigenvalue weighted by molar-refractivity contribution is -0.138. The highest BCUT2D eigenvalue weighted by molar-refractivity contribution is 6.22. The van der Waals surface area contributed by atoms with Crippen LogP contribution in [-0.2, 0) is 4.79 Å². The average Bonchev–Trinajstić information content (AvgIpc) is 3.15. The molecular formula is C28H21NO7. The molecule has 1 atom stereocenters. The van der Waals surface area contributed by atoms with Crippen LogP contribution in [0.2, 0.25) is 0 Å². The summed E-state index contributed by atoms with van der Waals surface area (Å²) in [5.74, 6) is -1.84. The summed E-state index contributed by atoms with van der Waals surface area (Å²) in [7, 11) is 1.53. The van der Waals surface area contributed by atoms with Gasteiger partial charge in [0.25, 0.3) is 11.8 Å². The van der Waals surface area contributed by atoms with Crippen molar-refractivity contribution in [1.82, 2.24) is 4.90 Å². The van der Waals surface area contributed by atoms with Crippen molar-refractivity contribution >= 4 is 28.8 Å². The van der Waals surface area contributed by atoms with Crippen molar-refractivity contribution in [1.29, 1.82) is 0 Å². The number of ether oxygens (including phenoxy) is 2. The van der Waals surface area contributed by atoms with E-state index in [2.05, 4.69) is 0 Å². The Morgan fingerprint density at radius 2 is 1.56 bits per heavy atom. The molecule has 5 rings (SSSR count). The van der Waals surface area contributed by atoms with Gasteiger partial charge in [-0.2, -0.15) is 0 Å². The minimum Gasteiger partial charge on any atom is -0.497 e. The van der Waals surface area contributed by atoms with Crippen LogP contribution in [0.3, 0.4) is 0 Å². The molecule has 0 N–H and O–H groups in total. The smallest absolute Gasteiger partial charge is 0.334 e. The molecule has 0 radical (unpaired) electrons. The van der Waals surface area contributed by atoms with E-state index >= 15 is 0 Å². The maximum Gasteiger partial charge on any atom is 0.334 e. The number of carbonyl (C=O) groups excluding carboxylic acids is 3. The number of fused-ring (bicyclic) bond motifs is 2. The second-order valence-electron chi connectivity index (χ2n) is 8.44. The maximum absolute atomic E-state index is 13.5. The lowest BCUT2D eigenvalue weighted by Gasteiger charge is -2.21. The van der Waals surface area contributed by atoms with Crippen molar-refractivity contribution in [2.75, 3.05) is 7.11 Å². The fraction of sp³-hybridized carbons (Fsp3) is 0.143. The molecule has 2 heterocycles. The molecule has 0 saturated carbocycles. The van der Waals surface area contributed by atoms with Crippen LogP contribution in [0, 0.1) is 6.92 Å². The lowest BCUT2D eigenvalue weighted by atomic mass is 10.1. The zero-order valence-electron chi connectivity index (χ0n) is 19.7. The number of rotatable bonds is 5. The van der Waals surface area contributed by atoms with E-state index in [0.717, 1.165) is 10.5 Å². The van der Waals surface area contributed by atoms with Crippen molar-refractivity contribution in [3.05, 3.63) is 93.6 Å². The molecule has 0 aliphatic carbocycles. The molecule has 2 amide bonds. The van der Waals surface area contributed by atoms with Crippen molar-refractivity contribution in [2.24, 2.45) is 0 Å². The van der Waals surface area contributed by atoms with Crippen LogP contribution in [0.5, 0.6) is 11.5 Å². The predicted octanol–water partition coefficient (Wildman–Crippen LogP) is 4.37. The van der Waals surface area contributed by atoms with Crippen LogP contribution in [0.25, 0.3) is 22.3 Å². The first-order chi connectivity index (χ1) is 17.3.